The molecule has 2 aromatic carbocycles. The highest BCUT2D eigenvalue weighted by atomic mass is 79.9. The van der Waals surface area contributed by atoms with Crippen LogP contribution < -0.4 is 10.6 Å². The van der Waals surface area contributed by atoms with Crippen LogP contribution in [0.15, 0.2) is 59.2 Å². The summed E-state index contributed by atoms with van der Waals surface area (Å²) in [5, 5.41) is 5.77. The number of nitrogens with one attached hydrogen (secondary N) is 2. The molecule has 0 aliphatic rings. The van der Waals surface area contributed by atoms with E-state index in [2.05, 4.69) is 43.5 Å². The Kier molecular flexibility index (Phi) is 7.90. The van der Waals surface area contributed by atoms with E-state index in [-0.39, 0.29) is 11.8 Å². The molecule has 3 rings (SSSR count). The normalized spacial score (nSPS) is 11.4. The molecule has 0 saturated heterocycles. The van der Waals surface area contributed by atoms with Crippen molar-refractivity contribution < 1.29 is 13.2 Å². The van der Waals surface area contributed by atoms with Gasteiger partial charge in [0.2, 0.25) is 5.95 Å². The van der Waals surface area contributed by atoms with Crippen molar-refractivity contribution in [2.75, 3.05) is 10.6 Å². The fraction of sp³-hybridized carbons (Fsp3) is 0.304. The quantitative estimate of drug-likeness (QED) is 0.298. The zero-order valence-electron chi connectivity index (χ0n) is 17.1. The Balaban J connectivity index is 1.82. The van der Waals surface area contributed by atoms with Crippen LogP contribution in [0.2, 0.25) is 0 Å². The van der Waals surface area contributed by atoms with E-state index in [0.717, 1.165) is 41.9 Å². The fourth-order valence-electron chi connectivity index (χ4n) is 3.10. The molecule has 31 heavy (non-hydrogen) atoms. The summed E-state index contributed by atoms with van der Waals surface area (Å²) in [4.78, 5) is 7.95. The van der Waals surface area contributed by atoms with E-state index in [1.54, 1.807) is 18.2 Å². The van der Waals surface area contributed by atoms with Gasteiger partial charge in [0.15, 0.2) is 0 Å². The molecular weight excluding hydrogens is 469 g/mol. The molecule has 0 spiro atoms. The van der Waals surface area contributed by atoms with Crippen molar-refractivity contribution in [2.45, 2.75) is 45.2 Å². The molecule has 0 aliphatic heterocycles. The van der Waals surface area contributed by atoms with Gasteiger partial charge < -0.3 is 10.6 Å². The lowest BCUT2D eigenvalue weighted by Crippen LogP contribution is -2.12. The number of hydrogen-bond donors (Lipinski definition) is 2. The average molecular weight is 493 g/mol. The average Bonchev–Trinajstić information content (AvgIpc) is 2.73. The van der Waals surface area contributed by atoms with Crippen LogP contribution in [0.3, 0.4) is 0 Å². The van der Waals surface area contributed by atoms with E-state index in [1.165, 1.54) is 6.42 Å². The van der Waals surface area contributed by atoms with E-state index in [0.29, 0.717) is 11.4 Å². The lowest BCUT2D eigenvalue weighted by molar-refractivity contribution is -0.137. The van der Waals surface area contributed by atoms with Gasteiger partial charge in [0.25, 0.3) is 0 Å². The maximum Gasteiger partial charge on any atom is 0.421 e. The first kappa shape index (κ1) is 23.1. The van der Waals surface area contributed by atoms with E-state index < -0.39 is 11.7 Å². The SMILES string of the molecule is CCCCCCc1cccc(Nc2nc(Nc3ccc(Br)cc3)ncc2C(F)(F)F)c1. The van der Waals surface area contributed by atoms with Gasteiger partial charge in [-0.25, -0.2) is 4.98 Å². The van der Waals surface area contributed by atoms with Crippen molar-refractivity contribution in [1.29, 1.82) is 0 Å². The fourth-order valence-corrected chi connectivity index (χ4v) is 3.37. The Hall–Kier alpha value is -2.61. The van der Waals surface area contributed by atoms with Crippen molar-refractivity contribution in [3.63, 3.8) is 0 Å². The van der Waals surface area contributed by atoms with Crippen LogP contribution in [0, 0.1) is 0 Å². The minimum Gasteiger partial charge on any atom is -0.340 e. The van der Waals surface area contributed by atoms with Crippen molar-refractivity contribution in [3.8, 4) is 0 Å². The molecule has 0 amide bonds. The standard InChI is InChI=1S/C23H24BrF3N4/c1-2-3-4-5-7-16-8-6-9-19(14-16)29-21-20(23(25,26)27)15-28-22(31-21)30-18-12-10-17(24)11-13-18/h6,8-15H,2-5,7H2,1H3,(H2,28,29,30,31). The molecule has 0 fully saturated rings. The van der Waals surface area contributed by atoms with Crippen molar-refractivity contribution >= 4 is 39.1 Å². The monoisotopic (exact) mass is 492 g/mol. The number of hydrogen-bond acceptors (Lipinski definition) is 4. The van der Waals surface area contributed by atoms with Gasteiger partial charge in [-0.15, -0.1) is 0 Å². The number of benzene rings is 2. The molecule has 2 N–H and O–H groups in total. The van der Waals surface area contributed by atoms with Gasteiger partial charge in [-0.1, -0.05) is 54.2 Å². The van der Waals surface area contributed by atoms with Crippen LogP contribution in [-0.4, -0.2) is 9.97 Å². The molecule has 1 aromatic heterocycles. The molecular formula is C23H24BrF3N4. The van der Waals surface area contributed by atoms with Crippen molar-refractivity contribution in [3.05, 3.63) is 70.3 Å². The summed E-state index contributed by atoms with van der Waals surface area (Å²) in [5.41, 5.74) is 1.40. The molecule has 0 bridgehead atoms. The number of aromatic nitrogens is 2. The minimum atomic E-state index is -4.57. The first-order chi connectivity index (χ1) is 14.8. The third-order valence-corrected chi connectivity index (χ3v) is 5.23. The Morgan fingerprint density at radius 1 is 0.935 bits per heavy atom. The Morgan fingerprint density at radius 2 is 1.71 bits per heavy atom. The van der Waals surface area contributed by atoms with Crippen LogP contribution in [0.1, 0.15) is 43.7 Å². The van der Waals surface area contributed by atoms with Gasteiger partial charge in [0.05, 0.1) is 0 Å². The number of rotatable bonds is 9. The molecule has 0 saturated carbocycles. The predicted octanol–water partition coefficient (Wildman–Crippen LogP) is 7.87. The molecule has 3 aromatic rings. The van der Waals surface area contributed by atoms with Crippen LogP contribution in [-0.2, 0) is 12.6 Å². The van der Waals surface area contributed by atoms with E-state index >= 15 is 0 Å². The predicted molar refractivity (Wildman–Crippen MR) is 122 cm³/mol. The zero-order valence-corrected chi connectivity index (χ0v) is 18.7. The number of unbranched alkanes of at least 4 members (excludes halogenated alkanes) is 3. The molecule has 0 unspecified atom stereocenters. The Labute approximate surface area is 188 Å². The van der Waals surface area contributed by atoms with Gasteiger partial charge >= 0.3 is 6.18 Å². The first-order valence-corrected chi connectivity index (χ1v) is 11.0. The van der Waals surface area contributed by atoms with Crippen LogP contribution in [0.25, 0.3) is 0 Å². The number of alkyl halides is 3. The van der Waals surface area contributed by atoms with Crippen molar-refractivity contribution in [2.24, 2.45) is 0 Å². The zero-order chi connectivity index (χ0) is 22.3. The van der Waals surface area contributed by atoms with Gasteiger partial charge in [-0.05, 0) is 54.8 Å². The highest BCUT2D eigenvalue weighted by Crippen LogP contribution is 2.35. The van der Waals surface area contributed by atoms with Crippen LogP contribution in [0.5, 0.6) is 0 Å². The summed E-state index contributed by atoms with van der Waals surface area (Å²) < 4.78 is 41.5. The molecule has 164 valence electrons. The molecule has 8 heteroatoms. The van der Waals surface area contributed by atoms with Gasteiger partial charge in [0, 0.05) is 22.0 Å². The topological polar surface area (TPSA) is 49.8 Å². The molecule has 1 heterocycles. The second-order valence-corrected chi connectivity index (χ2v) is 8.14. The molecule has 4 nitrogen and oxygen atoms in total. The first-order valence-electron chi connectivity index (χ1n) is 10.2. The third kappa shape index (κ3) is 6.95. The van der Waals surface area contributed by atoms with E-state index in [4.69, 9.17) is 0 Å². The van der Waals surface area contributed by atoms with E-state index in [1.807, 2.05) is 30.3 Å². The Bertz CT molecular complexity index is 991. The maximum atomic E-state index is 13.5. The minimum absolute atomic E-state index is 0.0774. The molecule has 0 radical (unpaired) electrons. The van der Waals surface area contributed by atoms with Gasteiger partial charge in [-0.2, -0.15) is 18.2 Å². The van der Waals surface area contributed by atoms with Crippen LogP contribution in [0.4, 0.5) is 36.3 Å². The highest BCUT2D eigenvalue weighted by molar-refractivity contribution is 9.10. The smallest absolute Gasteiger partial charge is 0.340 e. The summed E-state index contributed by atoms with van der Waals surface area (Å²) in [5.74, 6) is -0.209. The van der Waals surface area contributed by atoms with Gasteiger partial charge in [0.1, 0.15) is 11.4 Å². The third-order valence-electron chi connectivity index (χ3n) is 4.70. The number of nitrogens with zero attached hydrogens (tertiary/aromatic N) is 2. The van der Waals surface area contributed by atoms with E-state index in [9.17, 15) is 13.2 Å². The molecule has 0 atom stereocenters. The molecule has 0 aliphatic carbocycles. The summed E-state index contributed by atoms with van der Waals surface area (Å²) >= 11 is 3.35. The summed E-state index contributed by atoms with van der Waals surface area (Å²) in [6.07, 6.45) is 1.65. The second kappa shape index (κ2) is 10.6. The summed E-state index contributed by atoms with van der Waals surface area (Å²) in [6.45, 7) is 2.16. The number of anilines is 4. The Morgan fingerprint density at radius 3 is 2.42 bits per heavy atom. The summed E-state index contributed by atoms with van der Waals surface area (Å²) in [7, 11) is 0. The number of halogens is 4. The maximum absolute atomic E-state index is 13.5. The summed E-state index contributed by atoms with van der Waals surface area (Å²) in [6, 6.07) is 14.6. The van der Waals surface area contributed by atoms with Gasteiger partial charge in [-0.3, -0.25) is 0 Å². The highest BCUT2D eigenvalue weighted by Gasteiger charge is 2.35. The second-order valence-electron chi connectivity index (χ2n) is 7.22. The van der Waals surface area contributed by atoms with Crippen LogP contribution >= 0.6 is 15.9 Å². The lowest BCUT2D eigenvalue weighted by Gasteiger charge is -2.15. The van der Waals surface area contributed by atoms with Crippen molar-refractivity contribution in [1.82, 2.24) is 9.97 Å². The largest absolute Gasteiger partial charge is 0.421 e. The lowest BCUT2D eigenvalue weighted by atomic mass is 10.1. The number of aryl methyl sites for hydroxylation is 1.